The van der Waals surface area contributed by atoms with Crippen molar-refractivity contribution in [3.8, 4) is 0 Å². The van der Waals surface area contributed by atoms with E-state index in [-0.39, 0.29) is 12.0 Å². The Morgan fingerprint density at radius 3 is 2.84 bits per heavy atom. The number of benzene rings is 1. The van der Waals surface area contributed by atoms with Gasteiger partial charge in [-0.3, -0.25) is 4.79 Å². The largest absolute Gasteiger partial charge is 0.465 e. The highest BCUT2D eigenvalue weighted by atomic mass is 16.5. The minimum absolute atomic E-state index is 0.153. The quantitative estimate of drug-likeness (QED) is 0.785. The molecule has 2 heterocycles. The fourth-order valence-corrected chi connectivity index (χ4v) is 2.68. The molecular weight excluding hydrogens is 318 g/mol. The van der Waals surface area contributed by atoms with Crippen LogP contribution in [0.15, 0.2) is 53.2 Å². The maximum Gasteiger partial charge on any atom is 0.244 e. The van der Waals surface area contributed by atoms with E-state index >= 15 is 0 Å². The van der Waals surface area contributed by atoms with Gasteiger partial charge in [-0.25, -0.2) is 0 Å². The summed E-state index contributed by atoms with van der Waals surface area (Å²) in [5, 5.41) is 2.87. The topological polar surface area (TPSA) is 60.7 Å². The van der Waals surface area contributed by atoms with Crippen LogP contribution in [0.3, 0.4) is 0 Å². The molecule has 0 spiro atoms. The summed E-state index contributed by atoms with van der Waals surface area (Å²) in [6.45, 7) is 2.63. The van der Waals surface area contributed by atoms with Crippen molar-refractivity contribution in [1.29, 1.82) is 0 Å². The SMILES string of the molecule is O=C(/C=C/c1ccco1)NCc1cccc(COC2CCOCC2)c1. The Morgan fingerprint density at radius 1 is 1.20 bits per heavy atom. The fraction of sp³-hybridized carbons (Fsp3) is 0.350. The summed E-state index contributed by atoms with van der Waals surface area (Å²) in [6, 6.07) is 11.7. The number of amides is 1. The van der Waals surface area contributed by atoms with E-state index in [4.69, 9.17) is 13.9 Å². The van der Waals surface area contributed by atoms with E-state index in [2.05, 4.69) is 11.4 Å². The normalized spacial score (nSPS) is 15.5. The molecule has 1 amide bonds. The Balaban J connectivity index is 1.45. The number of hydrogen-bond donors (Lipinski definition) is 1. The number of hydrogen-bond acceptors (Lipinski definition) is 4. The first-order valence-electron chi connectivity index (χ1n) is 8.56. The van der Waals surface area contributed by atoms with Crippen molar-refractivity contribution in [1.82, 2.24) is 5.32 Å². The third-order valence-electron chi connectivity index (χ3n) is 4.05. The molecule has 1 aliphatic heterocycles. The van der Waals surface area contributed by atoms with Crippen molar-refractivity contribution < 1.29 is 18.7 Å². The monoisotopic (exact) mass is 341 g/mol. The van der Waals surface area contributed by atoms with Crippen LogP contribution in [-0.4, -0.2) is 25.2 Å². The molecule has 0 atom stereocenters. The van der Waals surface area contributed by atoms with Crippen LogP contribution in [0.1, 0.15) is 29.7 Å². The van der Waals surface area contributed by atoms with Gasteiger partial charge >= 0.3 is 0 Å². The molecule has 1 aromatic heterocycles. The van der Waals surface area contributed by atoms with Crippen LogP contribution in [0, 0.1) is 0 Å². The number of carbonyl (C=O) groups excluding carboxylic acids is 1. The van der Waals surface area contributed by atoms with Crippen LogP contribution in [0.2, 0.25) is 0 Å². The van der Waals surface area contributed by atoms with E-state index < -0.39 is 0 Å². The lowest BCUT2D eigenvalue weighted by atomic mass is 10.1. The lowest BCUT2D eigenvalue weighted by molar-refractivity contribution is -0.116. The third-order valence-corrected chi connectivity index (χ3v) is 4.05. The highest BCUT2D eigenvalue weighted by Crippen LogP contribution is 2.14. The van der Waals surface area contributed by atoms with Gasteiger partial charge in [-0.2, -0.15) is 0 Å². The standard InChI is InChI=1S/C20H23NO4/c22-20(7-6-18-5-2-10-24-18)21-14-16-3-1-4-17(13-16)15-25-19-8-11-23-12-9-19/h1-7,10,13,19H,8-9,11-12,14-15H2,(H,21,22)/b7-6+. The van der Waals surface area contributed by atoms with Crippen molar-refractivity contribution in [3.63, 3.8) is 0 Å². The molecule has 5 nitrogen and oxygen atoms in total. The van der Waals surface area contributed by atoms with Crippen LogP contribution in [0.25, 0.3) is 6.08 Å². The number of rotatable bonds is 7. The molecule has 25 heavy (non-hydrogen) atoms. The maximum absolute atomic E-state index is 11.9. The second-order valence-corrected chi connectivity index (χ2v) is 6.01. The van der Waals surface area contributed by atoms with E-state index in [1.165, 1.54) is 6.08 Å². The Hall–Kier alpha value is -2.37. The molecule has 0 radical (unpaired) electrons. The van der Waals surface area contributed by atoms with Gasteiger partial charge < -0.3 is 19.2 Å². The van der Waals surface area contributed by atoms with Crippen molar-refractivity contribution in [3.05, 3.63) is 65.6 Å². The summed E-state index contributed by atoms with van der Waals surface area (Å²) in [5.74, 6) is 0.502. The zero-order valence-corrected chi connectivity index (χ0v) is 14.1. The van der Waals surface area contributed by atoms with Gasteiger partial charge in [-0.15, -0.1) is 0 Å². The predicted octanol–water partition coefficient (Wildman–Crippen LogP) is 3.30. The minimum Gasteiger partial charge on any atom is -0.465 e. The van der Waals surface area contributed by atoms with E-state index in [1.807, 2.05) is 18.2 Å². The van der Waals surface area contributed by atoms with Crippen LogP contribution in [0.5, 0.6) is 0 Å². The van der Waals surface area contributed by atoms with Crippen LogP contribution in [0.4, 0.5) is 0 Å². The average molecular weight is 341 g/mol. The van der Waals surface area contributed by atoms with Gasteiger partial charge in [0.15, 0.2) is 0 Å². The average Bonchev–Trinajstić information content (AvgIpc) is 3.18. The van der Waals surface area contributed by atoms with Crippen molar-refractivity contribution in [2.45, 2.75) is 32.1 Å². The van der Waals surface area contributed by atoms with Gasteiger partial charge in [0.1, 0.15) is 5.76 Å². The fourth-order valence-electron chi connectivity index (χ4n) is 2.68. The highest BCUT2D eigenvalue weighted by Gasteiger charge is 2.14. The lowest BCUT2D eigenvalue weighted by Gasteiger charge is -2.22. The first-order valence-corrected chi connectivity index (χ1v) is 8.56. The van der Waals surface area contributed by atoms with Gasteiger partial charge in [0.25, 0.3) is 0 Å². The molecule has 0 aliphatic carbocycles. The summed E-state index contributed by atoms with van der Waals surface area (Å²) in [6.07, 6.45) is 6.88. The van der Waals surface area contributed by atoms with Crippen molar-refractivity contribution >= 4 is 12.0 Å². The first kappa shape index (κ1) is 17.5. The highest BCUT2D eigenvalue weighted by molar-refractivity contribution is 5.91. The molecule has 3 rings (SSSR count). The van der Waals surface area contributed by atoms with E-state index in [0.717, 1.165) is 37.2 Å². The number of ether oxygens (including phenoxy) is 2. The lowest BCUT2D eigenvalue weighted by Crippen LogP contribution is -2.23. The zero-order valence-electron chi connectivity index (χ0n) is 14.1. The summed E-state index contributed by atoms with van der Waals surface area (Å²) in [4.78, 5) is 11.9. The van der Waals surface area contributed by atoms with Gasteiger partial charge in [0, 0.05) is 25.8 Å². The summed E-state index contributed by atoms with van der Waals surface area (Å²) >= 11 is 0. The van der Waals surface area contributed by atoms with Gasteiger partial charge in [0.05, 0.1) is 19.0 Å². The molecule has 0 unspecified atom stereocenters. The molecule has 1 aliphatic rings. The van der Waals surface area contributed by atoms with E-state index in [0.29, 0.717) is 18.9 Å². The molecule has 1 aromatic carbocycles. The molecule has 1 N–H and O–H groups in total. The molecule has 1 saturated heterocycles. The first-order chi connectivity index (χ1) is 12.3. The van der Waals surface area contributed by atoms with Crippen LogP contribution in [-0.2, 0) is 27.4 Å². The molecule has 0 bridgehead atoms. The Labute approximate surface area is 147 Å². The zero-order chi connectivity index (χ0) is 17.3. The summed E-state index contributed by atoms with van der Waals surface area (Å²) < 4.78 is 16.4. The Morgan fingerprint density at radius 2 is 2.04 bits per heavy atom. The van der Waals surface area contributed by atoms with Gasteiger partial charge in [-0.05, 0) is 42.2 Å². The Kier molecular flexibility index (Phi) is 6.42. The smallest absolute Gasteiger partial charge is 0.244 e. The molecule has 0 saturated carbocycles. The minimum atomic E-state index is -0.153. The predicted molar refractivity (Wildman–Crippen MR) is 94.7 cm³/mol. The van der Waals surface area contributed by atoms with Crippen molar-refractivity contribution in [2.24, 2.45) is 0 Å². The molecule has 5 heteroatoms. The van der Waals surface area contributed by atoms with Gasteiger partial charge in [0.2, 0.25) is 5.91 Å². The maximum atomic E-state index is 11.9. The number of furan rings is 1. The Bertz CT molecular complexity index is 687. The van der Waals surface area contributed by atoms with Gasteiger partial charge in [-0.1, -0.05) is 24.3 Å². The van der Waals surface area contributed by atoms with E-state index in [9.17, 15) is 4.79 Å². The third kappa shape index (κ3) is 5.89. The molecule has 132 valence electrons. The van der Waals surface area contributed by atoms with Crippen LogP contribution < -0.4 is 5.32 Å². The number of carbonyl (C=O) groups is 1. The second-order valence-electron chi connectivity index (χ2n) is 6.01. The number of nitrogens with one attached hydrogen (secondary N) is 1. The molecular formula is C20H23NO4. The van der Waals surface area contributed by atoms with Crippen LogP contribution >= 0.6 is 0 Å². The van der Waals surface area contributed by atoms with E-state index in [1.54, 1.807) is 24.5 Å². The molecule has 2 aromatic rings. The summed E-state index contributed by atoms with van der Waals surface area (Å²) in [7, 11) is 0. The molecule has 1 fully saturated rings. The second kappa shape index (κ2) is 9.20. The van der Waals surface area contributed by atoms with Crippen molar-refractivity contribution in [2.75, 3.05) is 13.2 Å². The summed E-state index contributed by atoms with van der Waals surface area (Å²) in [5.41, 5.74) is 2.16.